The number of hydrogen-bond donors (Lipinski definition) is 2. The Bertz CT molecular complexity index is 885. The van der Waals surface area contributed by atoms with Gasteiger partial charge >= 0.3 is 5.97 Å². The molecule has 0 aliphatic rings. The normalized spacial score (nSPS) is 10.8. The molecule has 0 spiro atoms. The van der Waals surface area contributed by atoms with Gasteiger partial charge in [0.1, 0.15) is 28.8 Å². The Balaban J connectivity index is 1.83. The second kappa shape index (κ2) is 6.11. The quantitative estimate of drug-likeness (QED) is 0.738. The summed E-state index contributed by atoms with van der Waals surface area (Å²) in [6.45, 7) is 2.05. The second-order valence-corrected chi connectivity index (χ2v) is 5.12. The van der Waals surface area contributed by atoms with Gasteiger partial charge in [-0.15, -0.1) is 0 Å². The van der Waals surface area contributed by atoms with Crippen molar-refractivity contribution in [2.24, 2.45) is 7.05 Å². The van der Waals surface area contributed by atoms with Crippen LogP contribution in [0.2, 0.25) is 0 Å². The SMILES string of the molecule is Cc1onc(-c2ccc(F)cn2)c1CNc1cc(C(=O)O)n(C)n1. The molecule has 0 fully saturated rings. The number of rotatable bonds is 5. The van der Waals surface area contributed by atoms with Gasteiger partial charge in [-0.25, -0.2) is 9.18 Å². The topological polar surface area (TPSA) is 106 Å². The molecule has 0 atom stereocenters. The first-order valence-corrected chi connectivity index (χ1v) is 7.04. The summed E-state index contributed by atoms with van der Waals surface area (Å²) in [5.74, 6) is -0.504. The van der Waals surface area contributed by atoms with Crippen LogP contribution in [0.4, 0.5) is 10.2 Å². The number of pyridine rings is 1. The number of carbonyl (C=O) groups is 1. The van der Waals surface area contributed by atoms with Crippen molar-refractivity contribution in [3.05, 3.63) is 47.2 Å². The molecule has 3 aromatic heterocycles. The molecule has 0 saturated heterocycles. The number of halogens is 1. The lowest BCUT2D eigenvalue weighted by atomic mass is 10.1. The number of nitrogens with one attached hydrogen (secondary N) is 1. The smallest absolute Gasteiger partial charge is 0.354 e. The lowest BCUT2D eigenvalue weighted by Crippen LogP contribution is -2.05. The highest BCUT2D eigenvalue weighted by Gasteiger charge is 2.17. The van der Waals surface area contributed by atoms with E-state index >= 15 is 0 Å². The number of carboxylic acid groups (broad SMARTS) is 1. The van der Waals surface area contributed by atoms with Gasteiger partial charge in [-0.1, -0.05) is 5.16 Å². The van der Waals surface area contributed by atoms with Crippen LogP contribution in [0, 0.1) is 12.7 Å². The van der Waals surface area contributed by atoms with E-state index in [0.29, 0.717) is 29.5 Å². The fourth-order valence-corrected chi connectivity index (χ4v) is 2.25. The van der Waals surface area contributed by atoms with Crippen molar-refractivity contribution in [1.82, 2.24) is 19.9 Å². The molecular formula is C15H14FN5O3. The maximum Gasteiger partial charge on any atom is 0.354 e. The monoisotopic (exact) mass is 331 g/mol. The number of hydrogen-bond acceptors (Lipinski definition) is 6. The summed E-state index contributed by atoms with van der Waals surface area (Å²) in [6.07, 6.45) is 1.11. The van der Waals surface area contributed by atoms with Gasteiger partial charge in [0.2, 0.25) is 0 Å². The van der Waals surface area contributed by atoms with E-state index in [1.807, 2.05) is 0 Å². The Kier molecular flexibility index (Phi) is 3.98. The fraction of sp³-hybridized carbons (Fsp3) is 0.200. The maximum absolute atomic E-state index is 13.0. The Hall–Kier alpha value is -3.23. The zero-order chi connectivity index (χ0) is 17.3. The number of aryl methyl sites for hydroxylation is 2. The van der Waals surface area contributed by atoms with E-state index in [0.717, 1.165) is 11.8 Å². The molecule has 3 aromatic rings. The Morgan fingerprint density at radius 1 is 1.46 bits per heavy atom. The van der Waals surface area contributed by atoms with Gasteiger partial charge in [0.25, 0.3) is 0 Å². The minimum atomic E-state index is -1.06. The summed E-state index contributed by atoms with van der Waals surface area (Å²) in [5, 5.41) is 20.1. The molecule has 0 saturated carbocycles. The van der Waals surface area contributed by atoms with Crippen LogP contribution in [0.1, 0.15) is 21.8 Å². The van der Waals surface area contributed by atoms with E-state index in [-0.39, 0.29) is 5.69 Å². The fourth-order valence-electron chi connectivity index (χ4n) is 2.25. The molecule has 3 rings (SSSR count). The van der Waals surface area contributed by atoms with Crippen LogP contribution in [0.15, 0.2) is 28.9 Å². The highest BCUT2D eigenvalue weighted by Crippen LogP contribution is 2.24. The number of aromatic nitrogens is 4. The number of anilines is 1. The molecule has 3 heterocycles. The van der Waals surface area contributed by atoms with Crippen molar-refractivity contribution >= 4 is 11.8 Å². The molecule has 0 aliphatic carbocycles. The van der Waals surface area contributed by atoms with Gasteiger partial charge < -0.3 is 14.9 Å². The van der Waals surface area contributed by atoms with Gasteiger partial charge in [-0.2, -0.15) is 5.10 Å². The Morgan fingerprint density at radius 2 is 2.25 bits per heavy atom. The van der Waals surface area contributed by atoms with E-state index in [1.165, 1.54) is 22.9 Å². The number of aromatic carboxylic acids is 1. The molecule has 9 heteroatoms. The number of carboxylic acids is 1. The van der Waals surface area contributed by atoms with Crippen molar-refractivity contribution in [2.75, 3.05) is 5.32 Å². The minimum absolute atomic E-state index is 0.0694. The molecule has 124 valence electrons. The summed E-state index contributed by atoms with van der Waals surface area (Å²) < 4.78 is 19.5. The first kappa shape index (κ1) is 15.7. The average Bonchev–Trinajstić information content (AvgIpc) is 3.09. The molecular weight excluding hydrogens is 317 g/mol. The zero-order valence-corrected chi connectivity index (χ0v) is 12.9. The molecule has 0 unspecified atom stereocenters. The standard InChI is InChI=1S/C15H14FN5O3/c1-8-10(7-18-13-5-12(15(22)23)21(2)19-13)14(20-24-8)11-4-3-9(16)6-17-11/h3-6H,7H2,1-2H3,(H,18,19)(H,22,23). The summed E-state index contributed by atoms with van der Waals surface area (Å²) in [6, 6.07) is 4.24. The molecule has 0 radical (unpaired) electrons. The summed E-state index contributed by atoms with van der Waals surface area (Å²) in [4.78, 5) is 15.0. The van der Waals surface area contributed by atoms with Crippen molar-refractivity contribution in [3.8, 4) is 11.4 Å². The Labute approximate surface area is 135 Å². The minimum Gasteiger partial charge on any atom is -0.477 e. The highest BCUT2D eigenvalue weighted by atomic mass is 19.1. The van der Waals surface area contributed by atoms with Crippen molar-refractivity contribution in [1.29, 1.82) is 0 Å². The first-order valence-electron chi connectivity index (χ1n) is 7.04. The third-order valence-corrected chi connectivity index (χ3v) is 3.50. The summed E-state index contributed by atoms with van der Waals surface area (Å²) in [5.41, 5.74) is 1.78. The Morgan fingerprint density at radius 3 is 2.88 bits per heavy atom. The van der Waals surface area contributed by atoms with Gasteiger partial charge in [-0.05, 0) is 19.1 Å². The first-order chi connectivity index (χ1) is 11.5. The summed E-state index contributed by atoms with van der Waals surface area (Å²) in [7, 11) is 1.55. The molecule has 0 aromatic carbocycles. The predicted molar refractivity (Wildman–Crippen MR) is 81.9 cm³/mol. The van der Waals surface area contributed by atoms with E-state index in [1.54, 1.807) is 14.0 Å². The largest absolute Gasteiger partial charge is 0.477 e. The molecule has 8 nitrogen and oxygen atoms in total. The van der Waals surface area contributed by atoms with Crippen molar-refractivity contribution in [3.63, 3.8) is 0 Å². The second-order valence-electron chi connectivity index (χ2n) is 5.12. The average molecular weight is 331 g/mol. The van der Waals surface area contributed by atoms with Crippen LogP contribution in [-0.4, -0.2) is 31.0 Å². The van der Waals surface area contributed by atoms with Crippen LogP contribution in [-0.2, 0) is 13.6 Å². The van der Waals surface area contributed by atoms with Crippen molar-refractivity contribution < 1.29 is 18.8 Å². The lowest BCUT2D eigenvalue weighted by molar-refractivity contribution is 0.0685. The summed E-state index contributed by atoms with van der Waals surface area (Å²) >= 11 is 0. The van der Waals surface area contributed by atoms with Crippen LogP contribution < -0.4 is 5.32 Å². The van der Waals surface area contributed by atoms with Crippen molar-refractivity contribution in [2.45, 2.75) is 13.5 Å². The number of nitrogens with zero attached hydrogens (tertiary/aromatic N) is 4. The molecule has 0 amide bonds. The third-order valence-electron chi connectivity index (χ3n) is 3.50. The van der Waals surface area contributed by atoms with Crippen LogP contribution in [0.3, 0.4) is 0 Å². The molecule has 0 aliphatic heterocycles. The van der Waals surface area contributed by atoms with E-state index in [2.05, 4.69) is 20.6 Å². The zero-order valence-electron chi connectivity index (χ0n) is 12.9. The van der Waals surface area contributed by atoms with E-state index in [4.69, 9.17) is 9.63 Å². The van der Waals surface area contributed by atoms with Gasteiger partial charge in [-0.3, -0.25) is 9.67 Å². The predicted octanol–water partition coefficient (Wildman–Crippen LogP) is 2.23. The van der Waals surface area contributed by atoms with E-state index < -0.39 is 11.8 Å². The highest BCUT2D eigenvalue weighted by molar-refractivity contribution is 5.86. The molecule has 24 heavy (non-hydrogen) atoms. The third kappa shape index (κ3) is 2.96. The molecule has 2 N–H and O–H groups in total. The van der Waals surface area contributed by atoms with Gasteiger partial charge in [0.15, 0.2) is 0 Å². The molecule has 0 bridgehead atoms. The van der Waals surface area contributed by atoms with Crippen LogP contribution >= 0.6 is 0 Å². The van der Waals surface area contributed by atoms with Gasteiger partial charge in [0.05, 0.1) is 11.9 Å². The van der Waals surface area contributed by atoms with Gasteiger partial charge in [0, 0.05) is 25.2 Å². The lowest BCUT2D eigenvalue weighted by Gasteiger charge is -2.04. The van der Waals surface area contributed by atoms with E-state index in [9.17, 15) is 9.18 Å². The van der Waals surface area contributed by atoms with Crippen LogP contribution in [0.25, 0.3) is 11.4 Å². The maximum atomic E-state index is 13.0. The van der Waals surface area contributed by atoms with Crippen LogP contribution in [0.5, 0.6) is 0 Å².